The van der Waals surface area contributed by atoms with Gasteiger partial charge in [0.25, 0.3) is 5.91 Å². The smallest absolute Gasteiger partial charge is 0.283 e. The Balaban J connectivity index is 1.53. The van der Waals surface area contributed by atoms with E-state index in [0.29, 0.717) is 28.9 Å². The maximum absolute atomic E-state index is 12.9. The topological polar surface area (TPSA) is 117 Å². The zero-order chi connectivity index (χ0) is 27.4. The number of benzene rings is 2. The van der Waals surface area contributed by atoms with Crippen molar-refractivity contribution in [2.75, 3.05) is 12.9 Å². The number of aryl methyl sites for hydroxylation is 1. The Morgan fingerprint density at radius 2 is 1.92 bits per heavy atom. The molecule has 2 aromatic carbocycles. The highest BCUT2D eigenvalue weighted by molar-refractivity contribution is 8.16. The average Bonchev–Trinajstić information content (AvgIpc) is 3.38. The molecule has 13 heteroatoms. The maximum atomic E-state index is 12.9. The predicted molar refractivity (Wildman–Crippen MR) is 153 cm³/mol. The van der Waals surface area contributed by atoms with Crippen LogP contribution in [0.3, 0.4) is 0 Å². The Morgan fingerprint density at radius 3 is 2.66 bits per heavy atom. The van der Waals surface area contributed by atoms with Gasteiger partial charge in [-0.3, -0.25) is 10.2 Å². The highest BCUT2D eigenvalue weighted by Crippen LogP contribution is 2.33. The first kappa shape index (κ1) is 26.5. The normalized spacial score (nSPS) is 16.8. The number of amides is 1. The number of carbonyl (C=O) groups is 1. The first-order chi connectivity index (χ1) is 18.0. The Kier molecular flexibility index (Phi) is 6.89. The third-order valence-electron chi connectivity index (χ3n) is 6.11. The van der Waals surface area contributed by atoms with Gasteiger partial charge in [0.2, 0.25) is 20.2 Å². The Hall–Kier alpha value is -3.12. The first-order valence-corrected chi connectivity index (χ1v) is 14.7. The van der Waals surface area contributed by atoms with E-state index in [1.54, 1.807) is 24.3 Å². The zero-order valence-corrected chi connectivity index (χ0v) is 23.6. The number of amidine groups is 3. The van der Waals surface area contributed by atoms with E-state index < -0.39 is 15.7 Å². The van der Waals surface area contributed by atoms with Gasteiger partial charge in [-0.1, -0.05) is 34.8 Å². The van der Waals surface area contributed by atoms with E-state index in [1.165, 1.54) is 0 Å². The van der Waals surface area contributed by atoms with Crippen molar-refractivity contribution in [1.82, 2.24) is 9.47 Å². The van der Waals surface area contributed by atoms with Crippen molar-refractivity contribution in [3.63, 3.8) is 0 Å². The number of halogens is 2. The highest BCUT2D eigenvalue weighted by Gasteiger charge is 2.41. The number of fused-ring (bicyclic) bond motifs is 2. The van der Waals surface area contributed by atoms with Crippen LogP contribution in [0.4, 0.5) is 0 Å². The molecule has 38 heavy (non-hydrogen) atoms. The summed E-state index contributed by atoms with van der Waals surface area (Å²) in [6, 6.07) is 11.0. The molecule has 1 aromatic heterocycles. The molecule has 0 spiro atoms. The lowest BCUT2D eigenvalue weighted by molar-refractivity contribution is -0.114. The summed E-state index contributed by atoms with van der Waals surface area (Å²) in [4.78, 5) is 18.0. The van der Waals surface area contributed by atoms with E-state index in [-0.39, 0.29) is 21.7 Å². The third kappa shape index (κ3) is 4.75. The SMILES string of the molecule is Cc1ccc2c(c1)c(/C=C1/C(=N)N3C(=NC1=O)SN=C3S(C)(=O)=O)c(C)n2CCOc1cc(Cl)ccc1Cl. The number of ether oxygens (including phenoxy) is 1. The van der Waals surface area contributed by atoms with E-state index >= 15 is 0 Å². The van der Waals surface area contributed by atoms with Gasteiger partial charge in [0, 0.05) is 39.5 Å². The molecule has 196 valence electrons. The monoisotopic (exact) mass is 589 g/mol. The van der Waals surface area contributed by atoms with Gasteiger partial charge in [0.15, 0.2) is 0 Å². The third-order valence-corrected chi connectivity index (χ3v) is 8.41. The molecule has 3 aromatic rings. The number of hydrogen-bond acceptors (Lipinski definition) is 7. The molecule has 0 fully saturated rings. The van der Waals surface area contributed by atoms with Crippen LogP contribution in [0.25, 0.3) is 17.0 Å². The molecule has 9 nitrogen and oxygen atoms in total. The van der Waals surface area contributed by atoms with Crippen molar-refractivity contribution < 1.29 is 17.9 Å². The van der Waals surface area contributed by atoms with Crippen molar-refractivity contribution in [2.24, 2.45) is 9.39 Å². The minimum atomic E-state index is -3.74. The Morgan fingerprint density at radius 1 is 1.16 bits per heavy atom. The van der Waals surface area contributed by atoms with Crippen LogP contribution in [0.2, 0.25) is 10.0 Å². The van der Waals surface area contributed by atoms with Gasteiger partial charge in [-0.15, -0.1) is 0 Å². The van der Waals surface area contributed by atoms with Crippen LogP contribution in [-0.2, 0) is 21.2 Å². The fourth-order valence-electron chi connectivity index (χ4n) is 4.31. The summed E-state index contributed by atoms with van der Waals surface area (Å²) in [7, 11) is -3.74. The predicted octanol–water partition coefficient (Wildman–Crippen LogP) is 5.27. The standard InChI is InChI=1S/C25H21Cl2N5O4S2/c1-13-4-7-20-17(10-13)16(14(2)31(20)8-9-36-21-11-15(26)5-6-19(21)27)12-18-22(28)32-24(29-23(18)33)37-30-25(32)38(3,34)35/h4-7,10-12,28H,8-9H2,1-3H3/b18-12-,28-22?. The first-order valence-electron chi connectivity index (χ1n) is 11.3. The van der Waals surface area contributed by atoms with Crippen LogP contribution >= 0.6 is 35.1 Å². The second kappa shape index (κ2) is 9.88. The maximum Gasteiger partial charge on any atom is 0.283 e. The number of aliphatic imine (C=N–C) groups is 1. The summed E-state index contributed by atoms with van der Waals surface area (Å²) >= 11 is 13.1. The van der Waals surface area contributed by atoms with E-state index in [1.807, 2.05) is 32.0 Å². The van der Waals surface area contributed by atoms with Crippen molar-refractivity contribution in [3.05, 3.63) is 68.8 Å². The molecule has 0 atom stereocenters. The zero-order valence-electron chi connectivity index (χ0n) is 20.4. The largest absolute Gasteiger partial charge is 0.490 e. The van der Waals surface area contributed by atoms with Gasteiger partial charge in [-0.25, -0.2) is 13.3 Å². The van der Waals surface area contributed by atoms with Crippen LogP contribution in [0, 0.1) is 19.3 Å². The summed E-state index contributed by atoms with van der Waals surface area (Å²) in [6.07, 6.45) is 2.59. The lowest BCUT2D eigenvalue weighted by atomic mass is 10.0. The fraction of sp³-hybridized carbons (Fsp3) is 0.200. The molecule has 0 unspecified atom stereocenters. The molecule has 2 aliphatic heterocycles. The van der Waals surface area contributed by atoms with Crippen LogP contribution < -0.4 is 4.74 Å². The van der Waals surface area contributed by atoms with Gasteiger partial charge in [-0.2, -0.15) is 9.39 Å². The minimum absolute atomic E-state index is 0.0294. The second-order valence-electron chi connectivity index (χ2n) is 8.77. The van der Waals surface area contributed by atoms with Gasteiger partial charge in [0.05, 0.1) is 29.1 Å². The second-order valence-corrected chi connectivity index (χ2v) is 12.3. The van der Waals surface area contributed by atoms with Gasteiger partial charge in [-0.05, 0) is 44.2 Å². The number of hydrogen-bond donors (Lipinski definition) is 1. The van der Waals surface area contributed by atoms with Gasteiger partial charge < -0.3 is 9.30 Å². The average molecular weight is 591 g/mol. The van der Waals surface area contributed by atoms with Crippen molar-refractivity contribution in [1.29, 1.82) is 5.41 Å². The van der Waals surface area contributed by atoms with Crippen molar-refractivity contribution in [2.45, 2.75) is 20.4 Å². The number of sulfone groups is 1. The van der Waals surface area contributed by atoms with Gasteiger partial charge in [0.1, 0.15) is 18.2 Å². The molecule has 2 aliphatic rings. The number of nitrogens with one attached hydrogen (secondary N) is 1. The van der Waals surface area contributed by atoms with Crippen LogP contribution in [0.1, 0.15) is 16.8 Å². The molecule has 0 saturated carbocycles. The van der Waals surface area contributed by atoms with E-state index in [2.05, 4.69) is 14.0 Å². The van der Waals surface area contributed by atoms with Gasteiger partial charge >= 0.3 is 0 Å². The molecule has 5 rings (SSSR count). The van der Waals surface area contributed by atoms with Crippen molar-refractivity contribution >= 4 is 84.0 Å². The summed E-state index contributed by atoms with van der Waals surface area (Å²) in [5, 5.41) is 10.2. The van der Waals surface area contributed by atoms with E-state index in [4.69, 9.17) is 33.3 Å². The molecule has 1 amide bonds. The lowest BCUT2D eigenvalue weighted by Crippen LogP contribution is -2.45. The molecule has 0 bridgehead atoms. The molecular weight excluding hydrogens is 569 g/mol. The Bertz CT molecular complexity index is 1740. The molecule has 0 radical (unpaired) electrons. The van der Waals surface area contributed by atoms with Crippen LogP contribution in [0.15, 0.2) is 51.4 Å². The Labute approximate surface area is 233 Å². The minimum Gasteiger partial charge on any atom is -0.490 e. The fourth-order valence-corrected chi connectivity index (χ4v) is 6.49. The molecule has 0 aliphatic carbocycles. The number of aromatic nitrogens is 1. The van der Waals surface area contributed by atoms with Crippen LogP contribution in [-0.4, -0.2) is 52.8 Å². The number of nitrogens with zero attached hydrogens (tertiary/aromatic N) is 4. The molecule has 1 N–H and O–H groups in total. The molecule has 0 saturated heterocycles. The van der Waals surface area contributed by atoms with E-state index in [9.17, 15) is 13.2 Å². The van der Waals surface area contributed by atoms with Crippen molar-refractivity contribution in [3.8, 4) is 5.75 Å². The number of rotatable bonds is 5. The molecular formula is C25H21Cl2N5O4S2. The summed E-state index contributed by atoms with van der Waals surface area (Å²) in [5.74, 6) is -0.445. The number of carbonyl (C=O) groups excluding carboxylic acids is 1. The summed E-state index contributed by atoms with van der Waals surface area (Å²) in [6.45, 7) is 4.65. The quantitative estimate of drug-likeness (QED) is 0.320. The highest BCUT2D eigenvalue weighted by atomic mass is 35.5. The summed E-state index contributed by atoms with van der Waals surface area (Å²) < 4.78 is 36.3. The molecule has 3 heterocycles. The lowest BCUT2D eigenvalue weighted by Gasteiger charge is -2.23. The van der Waals surface area contributed by atoms with Crippen LogP contribution in [0.5, 0.6) is 5.75 Å². The summed E-state index contributed by atoms with van der Waals surface area (Å²) in [5.41, 5.74) is 3.46. The van der Waals surface area contributed by atoms with E-state index in [0.717, 1.165) is 50.8 Å².